The van der Waals surface area contributed by atoms with Crippen LogP contribution in [0.1, 0.15) is 32.6 Å². The van der Waals surface area contributed by atoms with E-state index in [0.717, 1.165) is 35.9 Å². The van der Waals surface area contributed by atoms with Gasteiger partial charge in [-0.1, -0.05) is 19.8 Å². The molecule has 0 bridgehead atoms. The Morgan fingerprint density at radius 3 is 3.12 bits per heavy atom. The number of H-pyrrole nitrogens is 1. The molecule has 0 aliphatic rings. The van der Waals surface area contributed by atoms with Gasteiger partial charge in [-0.25, -0.2) is 0 Å². The van der Waals surface area contributed by atoms with Gasteiger partial charge in [-0.2, -0.15) is 5.10 Å². The van der Waals surface area contributed by atoms with Crippen molar-refractivity contribution < 1.29 is 4.79 Å². The van der Waals surface area contributed by atoms with E-state index >= 15 is 0 Å². The number of rotatable bonds is 5. The Kier molecular flexibility index (Phi) is 3.75. The van der Waals surface area contributed by atoms with Crippen LogP contribution < -0.4 is 5.32 Å². The highest BCUT2D eigenvalue weighted by molar-refractivity contribution is 5.93. The van der Waals surface area contributed by atoms with Gasteiger partial charge in [-0.05, 0) is 24.6 Å². The van der Waals surface area contributed by atoms with Crippen molar-refractivity contribution in [2.24, 2.45) is 0 Å². The van der Waals surface area contributed by atoms with Crippen LogP contribution in [0.2, 0.25) is 0 Å². The van der Waals surface area contributed by atoms with Gasteiger partial charge in [-0.15, -0.1) is 0 Å². The van der Waals surface area contributed by atoms with Crippen molar-refractivity contribution >= 4 is 22.5 Å². The molecule has 4 heteroatoms. The first-order valence-corrected chi connectivity index (χ1v) is 6.02. The minimum absolute atomic E-state index is 0.0845. The molecule has 0 saturated carbocycles. The zero-order chi connectivity index (χ0) is 12.1. The number of nitrogens with zero attached hydrogens (tertiary/aromatic N) is 1. The smallest absolute Gasteiger partial charge is 0.224 e. The molecule has 90 valence electrons. The maximum Gasteiger partial charge on any atom is 0.224 e. The number of anilines is 1. The van der Waals surface area contributed by atoms with E-state index < -0.39 is 0 Å². The van der Waals surface area contributed by atoms with E-state index in [2.05, 4.69) is 22.4 Å². The van der Waals surface area contributed by atoms with Crippen LogP contribution in [0.5, 0.6) is 0 Å². The Balaban J connectivity index is 1.95. The fourth-order valence-corrected chi connectivity index (χ4v) is 1.78. The first-order chi connectivity index (χ1) is 8.29. The monoisotopic (exact) mass is 231 g/mol. The molecule has 1 aromatic carbocycles. The molecule has 0 aliphatic carbocycles. The molecule has 0 unspecified atom stereocenters. The molecule has 0 spiro atoms. The van der Waals surface area contributed by atoms with Crippen LogP contribution in [0.3, 0.4) is 0 Å². The van der Waals surface area contributed by atoms with Crippen molar-refractivity contribution in [3.05, 3.63) is 24.4 Å². The Morgan fingerprint density at radius 1 is 1.41 bits per heavy atom. The molecule has 17 heavy (non-hydrogen) atoms. The van der Waals surface area contributed by atoms with Gasteiger partial charge in [0, 0.05) is 17.5 Å². The number of nitrogens with one attached hydrogen (secondary N) is 2. The number of carbonyl (C=O) groups excluding carboxylic acids is 1. The lowest BCUT2D eigenvalue weighted by Crippen LogP contribution is -2.10. The van der Waals surface area contributed by atoms with Gasteiger partial charge in [0.2, 0.25) is 5.91 Å². The molecule has 1 aromatic heterocycles. The van der Waals surface area contributed by atoms with Gasteiger partial charge in [0.05, 0.1) is 11.7 Å². The SMILES string of the molecule is CCCCCC(=O)Nc1ccc2[nH]ncc2c1. The summed E-state index contributed by atoms with van der Waals surface area (Å²) in [5.41, 5.74) is 1.81. The van der Waals surface area contributed by atoms with Crippen LogP contribution in [0.25, 0.3) is 10.9 Å². The second kappa shape index (κ2) is 5.48. The second-order valence-corrected chi connectivity index (χ2v) is 4.18. The Morgan fingerprint density at radius 2 is 2.29 bits per heavy atom. The van der Waals surface area contributed by atoms with Gasteiger partial charge >= 0.3 is 0 Å². The zero-order valence-corrected chi connectivity index (χ0v) is 9.99. The summed E-state index contributed by atoms with van der Waals surface area (Å²) in [5, 5.41) is 10.7. The Hall–Kier alpha value is -1.84. The van der Waals surface area contributed by atoms with Gasteiger partial charge < -0.3 is 5.32 Å². The molecule has 1 heterocycles. The number of carbonyl (C=O) groups is 1. The molecule has 4 nitrogen and oxygen atoms in total. The Bertz CT molecular complexity index is 504. The molecule has 0 radical (unpaired) electrons. The number of unbranched alkanes of at least 4 members (excludes halogenated alkanes) is 2. The van der Waals surface area contributed by atoms with E-state index in [9.17, 15) is 4.79 Å². The molecular formula is C13H17N3O. The van der Waals surface area contributed by atoms with Crippen LogP contribution in [-0.4, -0.2) is 16.1 Å². The number of hydrogen-bond donors (Lipinski definition) is 2. The van der Waals surface area contributed by atoms with E-state index in [1.807, 2.05) is 18.2 Å². The summed E-state index contributed by atoms with van der Waals surface area (Å²) in [5.74, 6) is 0.0845. The molecule has 0 saturated heterocycles. The topological polar surface area (TPSA) is 57.8 Å². The van der Waals surface area contributed by atoms with E-state index in [4.69, 9.17) is 0 Å². The highest BCUT2D eigenvalue weighted by Crippen LogP contribution is 2.17. The molecule has 2 aromatic rings. The predicted molar refractivity (Wildman–Crippen MR) is 68.9 cm³/mol. The fraction of sp³-hybridized carbons (Fsp3) is 0.385. The molecule has 0 fully saturated rings. The van der Waals surface area contributed by atoms with Gasteiger partial charge in [0.25, 0.3) is 0 Å². The highest BCUT2D eigenvalue weighted by Gasteiger charge is 2.03. The quantitative estimate of drug-likeness (QED) is 0.777. The third kappa shape index (κ3) is 3.06. The van der Waals surface area contributed by atoms with Crippen molar-refractivity contribution in [2.75, 3.05) is 5.32 Å². The summed E-state index contributed by atoms with van der Waals surface area (Å²) >= 11 is 0. The van der Waals surface area contributed by atoms with Crippen molar-refractivity contribution in [3.8, 4) is 0 Å². The summed E-state index contributed by atoms with van der Waals surface area (Å²) in [6.45, 7) is 2.13. The lowest BCUT2D eigenvalue weighted by Gasteiger charge is -2.04. The van der Waals surface area contributed by atoms with Gasteiger partial charge in [0.1, 0.15) is 0 Å². The van der Waals surface area contributed by atoms with Crippen LogP contribution in [0.15, 0.2) is 24.4 Å². The minimum Gasteiger partial charge on any atom is -0.326 e. The average Bonchev–Trinajstić information content (AvgIpc) is 2.76. The zero-order valence-electron chi connectivity index (χ0n) is 9.99. The summed E-state index contributed by atoms with van der Waals surface area (Å²) < 4.78 is 0. The number of fused-ring (bicyclic) bond motifs is 1. The maximum atomic E-state index is 11.6. The van der Waals surface area contributed by atoms with Gasteiger partial charge in [0.15, 0.2) is 0 Å². The second-order valence-electron chi connectivity index (χ2n) is 4.18. The molecular weight excluding hydrogens is 214 g/mol. The van der Waals surface area contributed by atoms with E-state index in [1.54, 1.807) is 6.20 Å². The number of hydrogen-bond acceptors (Lipinski definition) is 2. The number of aromatic nitrogens is 2. The van der Waals surface area contributed by atoms with E-state index in [0.29, 0.717) is 6.42 Å². The first kappa shape index (κ1) is 11.6. The lowest BCUT2D eigenvalue weighted by atomic mass is 10.2. The van der Waals surface area contributed by atoms with E-state index in [1.165, 1.54) is 0 Å². The molecule has 0 aliphatic heterocycles. The fourth-order valence-electron chi connectivity index (χ4n) is 1.78. The third-order valence-corrected chi connectivity index (χ3v) is 2.73. The normalized spacial score (nSPS) is 10.6. The molecule has 2 N–H and O–H groups in total. The summed E-state index contributed by atoms with van der Waals surface area (Å²) in [6.07, 6.45) is 5.54. The van der Waals surface area contributed by atoms with Crippen LogP contribution in [-0.2, 0) is 4.79 Å². The lowest BCUT2D eigenvalue weighted by molar-refractivity contribution is -0.116. The van der Waals surface area contributed by atoms with Crippen LogP contribution in [0.4, 0.5) is 5.69 Å². The minimum atomic E-state index is 0.0845. The highest BCUT2D eigenvalue weighted by atomic mass is 16.1. The van der Waals surface area contributed by atoms with Gasteiger partial charge in [-0.3, -0.25) is 9.89 Å². The third-order valence-electron chi connectivity index (χ3n) is 2.73. The van der Waals surface area contributed by atoms with Crippen molar-refractivity contribution in [2.45, 2.75) is 32.6 Å². The molecule has 2 rings (SSSR count). The maximum absolute atomic E-state index is 11.6. The van der Waals surface area contributed by atoms with Crippen molar-refractivity contribution in [1.29, 1.82) is 0 Å². The number of benzene rings is 1. The average molecular weight is 231 g/mol. The molecule has 0 atom stereocenters. The predicted octanol–water partition coefficient (Wildman–Crippen LogP) is 3.08. The van der Waals surface area contributed by atoms with Crippen molar-refractivity contribution in [1.82, 2.24) is 10.2 Å². The molecule has 1 amide bonds. The number of amides is 1. The summed E-state index contributed by atoms with van der Waals surface area (Å²) in [4.78, 5) is 11.6. The van der Waals surface area contributed by atoms with E-state index in [-0.39, 0.29) is 5.91 Å². The first-order valence-electron chi connectivity index (χ1n) is 6.02. The summed E-state index contributed by atoms with van der Waals surface area (Å²) in [6, 6.07) is 5.73. The van der Waals surface area contributed by atoms with Crippen LogP contribution >= 0.6 is 0 Å². The summed E-state index contributed by atoms with van der Waals surface area (Å²) in [7, 11) is 0. The standard InChI is InChI=1S/C13H17N3O/c1-2-3-4-5-13(17)15-11-6-7-12-10(8-11)9-14-16-12/h6-9H,2-5H2,1H3,(H,14,16)(H,15,17). The Labute approximate surface area is 100 Å². The number of aromatic amines is 1. The largest absolute Gasteiger partial charge is 0.326 e. The van der Waals surface area contributed by atoms with Crippen molar-refractivity contribution in [3.63, 3.8) is 0 Å². The van der Waals surface area contributed by atoms with Crippen LogP contribution in [0, 0.1) is 0 Å².